The third-order valence-electron chi connectivity index (χ3n) is 5.41. The predicted octanol–water partition coefficient (Wildman–Crippen LogP) is 5.04. The first-order valence-electron chi connectivity index (χ1n) is 10.6. The van der Waals surface area contributed by atoms with E-state index in [-0.39, 0.29) is 5.91 Å². The molecule has 0 saturated carbocycles. The van der Waals surface area contributed by atoms with Crippen molar-refractivity contribution in [1.29, 1.82) is 0 Å². The Labute approximate surface area is 187 Å². The monoisotopic (exact) mass is 432 g/mol. The SMILES string of the molecule is Cc1nn(-c2ccccc2)c2sc(C(=O)NCCN(Cc3ccccc3)C(C)C)cc12. The predicted molar refractivity (Wildman–Crippen MR) is 128 cm³/mol. The standard InChI is InChI=1S/C25H28N4OS/c1-18(2)28(17-20-10-6-4-7-11-20)15-14-26-24(30)23-16-22-19(3)27-29(25(22)31-23)21-12-8-5-9-13-21/h4-13,16,18H,14-15,17H2,1-3H3,(H,26,30). The van der Waals surface area contributed by atoms with Gasteiger partial charge in [0, 0.05) is 31.1 Å². The van der Waals surface area contributed by atoms with Crippen LogP contribution in [0.5, 0.6) is 0 Å². The second kappa shape index (κ2) is 9.45. The maximum atomic E-state index is 12.8. The smallest absolute Gasteiger partial charge is 0.261 e. The fraction of sp³-hybridized carbons (Fsp3) is 0.280. The van der Waals surface area contributed by atoms with Gasteiger partial charge in [-0.1, -0.05) is 48.5 Å². The van der Waals surface area contributed by atoms with Crippen LogP contribution in [0.2, 0.25) is 0 Å². The van der Waals surface area contributed by atoms with Crippen LogP contribution in [-0.4, -0.2) is 39.7 Å². The quantitative estimate of drug-likeness (QED) is 0.425. The first-order chi connectivity index (χ1) is 15.0. The minimum absolute atomic E-state index is 0.0244. The van der Waals surface area contributed by atoms with Gasteiger partial charge in [-0.15, -0.1) is 11.3 Å². The van der Waals surface area contributed by atoms with Gasteiger partial charge in [-0.05, 0) is 44.5 Å². The number of hydrogen-bond acceptors (Lipinski definition) is 4. The summed E-state index contributed by atoms with van der Waals surface area (Å²) in [6, 6.07) is 22.8. The van der Waals surface area contributed by atoms with Gasteiger partial charge in [0.1, 0.15) is 4.83 Å². The highest BCUT2D eigenvalue weighted by Crippen LogP contribution is 2.30. The number of carbonyl (C=O) groups is 1. The molecule has 2 aromatic heterocycles. The molecule has 0 saturated heterocycles. The molecule has 0 atom stereocenters. The van der Waals surface area contributed by atoms with Crippen molar-refractivity contribution < 1.29 is 4.79 Å². The van der Waals surface area contributed by atoms with Gasteiger partial charge < -0.3 is 5.32 Å². The Hall–Kier alpha value is -2.96. The number of aryl methyl sites for hydroxylation is 1. The molecule has 0 unspecified atom stereocenters. The normalized spacial score (nSPS) is 11.5. The number of nitrogens with one attached hydrogen (secondary N) is 1. The fourth-order valence-corrected chi connectivity index (χ4v) is 4.74. The summed E-state index contributed by atoms with van der Waals surface area (Å²) in [6.45, 7) is 8.66. The number of para-hydroxylation sites is 1. The van der Waals surface area contributed by atoms with E-state index in [9.17, 15) is 4.79 Å². The first-order valence-corrected chi connectivity index (χ1v) is 11.5. The van der Waals surface area contributed by atoms with Gasteiger partial charge in [-0.2, -0.15) is 5.10 Å². The summed E-state index contributed by atoms with van der Waals surface area (Å²) in [5.74, 6) is -0.0244. The third kappa shape index (κ3) is 4.86. The van der Waals surface area contributed by atoms with E-state index in [2.05, 4.69) is 53.4 Å². The van der Waals surface area contributed by atoms with Gasteiger partial charge in [0.05, 0.1) is 16.3 Å². The first kappa shape index (κ1) is 21.3. The summed E-state index contributed by atoms with van der Waals surface area (Å²) in [5, 5.41) is 8.79. The number of amides is 1. The van der Waals surface area contributed by atoms with Gasteiger partial charge in [-0.25, -0.2) is 4.68 Å². The lowest BCUT2D eigenvalue weighted by Crippen LogP contribution is -2.38. The van der Waals surface area contributed by atoms with E-state index >= 15 is 0 Å². The topological polar surface area (TPSA) is 50.2 Å². The van der Waals surface area contributed by atoms with Crippen LogP contribution in [0.1, 0.15) is 34.8 Å². The Bertz CT molecular complexity index is 1150. The minimum Gasteiger partial charge on any atom is -0.350 e. The lowest BCUT2D eigenvalue weighted by molar-refractivity contribution is 0.0948. The van der Waals surface area contributed by atoms with Gasteiger partial charge >= 0.3 is 0 Å². The van der Waals surface area contributed by atoms with Crippen molar-refractivity contribution in [2.24, 2.45) is 0 Å². The highest BCUT2D eigenvalue weighted by atomic mass is 32.1. The van der Waals surface area contributed by atoms with Crippen molar-refractivity contribution >= 4 is 27.5 Å². The number of rotatable bonds is 8. The van der Waals surface area contributed by atoms with E-state index in [1.54, 1.807) is 0 Å². The summed E-state index contributed by atoms with van der Waals surface area (Å²) in [4.78, 5) is 16.9. The Balaban J connectivity index is 1.42. The summed E-state index contributed by atoms with van der Waals surface area (Å²) in [5.41, 5.74) is 3.22. The third-order valence-corrected chi connectivity index (χ3v) is 6.52. The van der Waals surface area contributed by atoms with Crippen molar-refractivity contribution in [1.82, 2.24) is 20.0 Å². The number of nitrogens with zero attached hydrogens (tertiary/aromatic N) is 3. The molecular formula is C25H28N4OS. The van der Waals surface area contributed by atoms with Crippen LogP contribution in [0.25, 0.3) is 15.9 Å². The molecule has 0 bridgehead atoms. The number of carbonyl (C=O) groups excluding carboxylic acids is 1. The van der Waals surface area contributed by atoms with Crippen molar-refractivity contribution in [2.75, 3.05) is 13.1 Å². The van der Waals surface area contributed by atoms with E-state index in [1.165, 1.54) is 16.9 Å². The van der Waals surface area contributed by atoms with Gasteiger partial charge in [0.25, 0.3) is 5.91 Å². The maximum Gasteiger partial charge on any atom is 0.261 e. The second-order valence-electron chi connectivity index (χ2n) is 7.97. The van der Waals surface area contributed by atoms with E-state index in [0.717, 1.165) is 39.6 Å². The van der Waals surface area contributed by atoms with Crippen LogP contribution in [0.4, 0.5) is 0 Å². The molecule has 1 amide bonds. The summed E-state index contributed by atoms with van der Waals surface area (Å²) >= 11 is 1.49. The number of benzene rings is 2. The molecular weight excluding hydrogens is 404 g/mol. The number of thiophene rings is 1. The molecule has 4 rings (SSSR count). The molecule has 1 N–H and O–H groups in total. The zero-order valence-electron chi connectivity index (χ0n) is 18.2. The average molecular weight is 433 g/mol. The van der Waals surface area contributed by atoms with Crippen LogP contribution in [0, 0.1) is 6.92 Å². The van der Waals surface area contributed by atoms with Crippen LogP contribution >= 0.6 is 11.3 Å². The Morgan fingerprint density at radius 1 is 1.10 bits per heavy atom. The molecule has 2 heterocycles. The Morgan fingerprint density at radius 3 is 2.45 bits per heavy atom. The molecule has 5 nitrogen and oxygen atoms in total. The van der Waals surface area contributed by atoms with Crippen LogP contribution in [-0.2, 0) is 6.54 Å². The minimum atomic E-state index is -0.0244. The molecule has 0 aliphatic rings. The second-order valence-corrected chi connectivity index (χ2v) is 9.00. The van der Waals surface area contributed by atoms with Crippen molar-refractivity contribution in [3.8, 4) is 5.69 Å². The molecule has 2 aromatic carbocycles. The molecule has 0 aliphatic carbocycles. The maximum absolute atomic E-state index is 12.8. The van der Waals surface area contributed by atoms with Crippen LogP contribution < -0.4 is 5.32 Å². The molecule has 31 heavy (non-hydrogen) atoms. The van der Waals surface area contributed by atoms with Crippen molar-refractivity contribution in [3.05, 3.63) is 82.9 Å². The largest absolute Gasteiger partial charge is 0.350 e. The van der Waals surface area contributed by atoms with E-state index in [0.29, 0.717) is 12.6 Å². The summed E-state index contributed by atoms with van der Waals surface area (Å²) in [7, 11) is 0. The van der Waals surface area contributed by atoms with Crippen LogP contribution in [0.15, 0.2) is 66.7 Å². The molecule has 160 valence electrons. The Kier molecular flexibility index (Phi) is 6.49. The number of hydrogen-bond donors (Lipinski definition) is 1. The average Bonchev–Trinajstić information content (AvgIpc) is 3.35. The van der Waals surface area contributed by atoms with E-state index < -0.39 is 0 Å². The molecule has 0 spiro atoms. The highest BCUT2D eigenvalue weighted by Gasteiger charge is 2.17. The van der Waals surface area contributed by atoms with E-state index in [4.69, 9.17) is 0 Å². The zero-order valence-corrected chi connectivity index (χ0v) is 19.0. The summed E-state index contributed by atoms with van der Waals surface area (Å²) < 4.78 is 1.92. The fourth-order valence-electron chi connectivity index (χ4n) is 3.64. The van der Waals surface area contributed by atoms with Crippen molar-refractivity contribution in [2.45, 2.75) is 33.4 Å². The number of aromatic nitrogens is 2. The van der Waals surface area contributed by atoms with Gasteiger partial charge in [0.2, 0.25) is 0 Å². The Morgan fingerprint density at radius 2 is 1.77 bits per heavy atom. The van der Waals surface area contributed by atoms with E-state index in [1.807, 2.05) is 54.1 Å². The summed E-state index contributed by atoms with van der Waals surface area (Å²) in [6.07, 6.45) is 0. The molecule has 0 radical (unpaired) electrons. The molecule has 4 aromatic rings. The van der Waals surface area contributed by atoms with Gasteiger partial charge in [-0.3, -0.25) is 9.69 Å². The van der Waals surface area contributed by atoms with Gasteiger partial charge in [0.15, 0.2) is 0 Å². The molecule has 0 aliphatic heterocycles. The van der Waals surface area contributed by atoms with Crippen LogP contribution in [0.3, 0.4) is 0 Å². The molecule has 0 fully saturated rings. The lowest BCUT2D eigenvalue weighted by Gasteiger charge is -2.26. The lowest BCUT2D eigenvalue weighted by atomic mass is 10.2. The highest BCUT2D eigenvalue weighted by molar-refractivity contribution is 7.20. The number of fused-ring (bicyclic) bond motifs is 1. The molecule has 6 heteroatoms. The van der Waals surface area contributed by atoms with Crippen molar-refractivity contribution in [3.63, 3.8) is 0 Å². The zero-order chi connectivity index (χ0) is 21.8.